The van der Waals surface area contributed by atoms with E-state index in [1.807, 2.05) is 17.0 Å². The fourth-order valence-corrected chi connectivity index (χ4v) is 5.53. The number of aromatic nitrogens is 1. The van der Waals surface area contributed by atoms with E-state index >= 15 is 0 Å². The first-order valence-electron chi connectivity index (χ1n) is 8.86. The standard InChI is InChI=1S/C19H20FN3O3S/c20-16-1-3-17(4-2-16)27(25,26)22-12-9-19(14-22)8-5-18(24)23(19)13-15-6-10-21-11-7-15/h1-4,6-7,10-11H,5,8-9,12-14H2. The van der Waals surface area contributed by atoms with E-state index in [2.05, 4.69) is 4.98 Å². The summed E-state index contributed by atoms with van der Waals surface area (Å²) < 4.78 is 40.4. The summed E-state index contributed by atoms with van der Waals surface area (Å²) in [5.74, 6) is -0.426. The van der Waals surface area contributed by atoms with Gasteiger partial charge in [0.2, 0.25) is 15.9 Å². The molecule has 3 heterocycles. The van der Waals surface area contributed by atoms with E-state index in [-0.39, 0.29) is 17.3 Å². The molecule has 2 fully saturated rings. The zero-order valence-electron chi connectivity index (χ0n) is 14.7. The molecule has 1 spiro atoms. The quantitative estimate of drug-likeness (QED) is 0.804. The molecule has 2 aromatic rings. The van der Waals surface area contributed by atoms with E-state index in [0.29, 0.717) is 32.4 Å². The molecule has 2 aliphatic rings. The molecule has 0 saturated carbocycles. The molecule has 0 N–H and O–H groups in total. The predicted octanol–water partition coefficient (Wildman–Crippen LogP) is 2.18. The molecule has 8 heteroatoms. The van der Waals surface area contributed by atoms with Crippen LogP contribution in [0.15, 0.2) is 53.7 Å². The van der Waals surface area contributed by atoms with Gasteiger partial charge in [-0.2, -0.15) is 4.31 Å². The highest BCUT2D eigenvalue weighted by Crippen LogP contribution is 2.41. The van der Waals surface area contributed by atoms with Gasteiger partial charge in [0.25, 0.3) is 0 Å². The molecule has 6 nitrogen and oxygen atoms in total. The van der Waals surface area contributed by atoms with Crippen molar-refractivity contribution in [1.82, 2.24) is 14.2 Å². The maximum absolute atomic E-state index is 13.1. The van der Waals surface area contributed by atoms with Gasteiger partial charge >= 0.3 is 0 Å². The fourth-order valence-electron chi connectivity index (χ4n) is 4.01. The third-order valence-corrected chi connectivity index (χ3v) is 7.38. The first-order valence-corrected chi connectivity index (χ1v) is 10.3. The van der Waals surface area contributed by atoms with Crippen molar-refractivity contribution < 1.29 is 17.6 Å². The summed E-state index contributed by atoms with van der Waals surface area (Å²) in [6.45, 7) is 1.06. The molecular weight excluding hydrogens is 369 g/mol. The van der Waals surface area contributed by atoms with Crippen molar-refractivity contribution in [3.8, 4) is 0 Å². The molecular formula is C19H20FN3O3S. The number of amides is 1. The van der Waals surface area contributed by atoms with Gasteiger partial charge in [0.15, 0.2) is 0 Å². The average molecular weight is 389 g/mol. The summed E-state index contributed by atoms with van der Waals surface area (Å²) in [6.07, 6.45) is 5.04. The lowest BCUT2D eigenvalue weighted by Crippen LogP contribution is -2.47. The number of carbonyl (C=O) groups excluding carboxylic acids is 1. The van der Waals surface area contributed by atoms with Crippen molar-refractivity contribution in [1.29, 1.82) is 0 Å². The lowest BCUT2D eigenvalue weighted by Gasteiger charge is -2.35. The van der Waals surface area contributed by atoms with Gasteiger partial charge in [-0.1, -0.05) is 0 Å². The van der Waals surface area contributed by atoms with E-state index in [1.54, 1.807) is 12.4 Å². The maximum Gasteiger partial charge on any atom is 0.243 e. The second-order valence-electron chi connectivity index (χ2n) is 7.10. The maximum atomic E-state index is 13.1. The number of halogens is 1. The van der Waals surface area contributed by atoms with Crippen LogP contribution in [-0.2, 0) is 21.4 Å². The van der Waals surface area contributed by atoms with Crippen molar-refractivity contribution in [2.24, 2.45) is 0 Å². The average Bonchev–Trinajstić information content (AvgIpc) is 3.23. The Balaban J connectivity index is 1.58. The number of nitrogens with zero attached hydrogens (tertiary/aromatic N) is 3. The third-order valence-electron chi connectivity index (χ3n) is 5.52. The molecule has 142 valence electrons. The Morgan fingerprint density at radius 3 is 2.48 bits per heavy atom. The van der Waals surface area contributed by atoms with Gasteiger partial charge in [-0.25, -0.2) is 12.8 Å². The molecule has 0 bridgehead atoms. The normalized spacial score (nSPS) is 23.4. The minimum absolute atomic E-state index is 0.0489. The predicted molar refractivity (Wildman–Crippen MR) is 96.5 cm³/mol. The van der Waals surface area contributed by atoms with Gasteiger partial charge in [0.1, 0.15) is 5.82 Å². The highest BCUT2D eigenvalue weighted by molar-refractivity contribution is 7.89. The molecule has 1 aromatic carbocycles. The smallest absolute Gasteiger partial charge is 0.243 e. The monoisotopic (exact) mass is 389 g/mol. The lowest BCUT2D eigenvalue weighted by molar-refractivity contribution is -0.131. The van der Waals surface area contributed by atoms with Crippen LogP contribution in [-0.4, -0.2) is 47.1 Å². The number of sulfonamides is 1. The number of hydrogen-bond donors (Lipinski definition) is 0. The largest absolute Gasteiger partial charge is 0.331 e. The van der Waals surface area contributed by atoms with E-state index in [4.69, 9.17) is 0 Å². The van der Waals surface area contributed by atoms with Gasteiger partial charge in [-0.05, 0) is 54.8 Å². The van der Waals surface area contributed by atoms with Crippen molar-refractivity contribution in [3.63, 3.8) is 0 Å². The van der Waals surface area contributed by atoms with Crippen molar-refractivity contribution in [2.75, 3.05) is 13.1 Å². The first-order chi connectivity index (χ1) is 12.9. The van der Waals surface area contributed by atoms with Crippen LogP contribution < -0.4 is 0 Å². The minimum atomic E-state index is -3.71. The Morgan fingerprint density at radius 1 is 1.07 bits per heavy atom. The number of pyridine rings is 1. The third kappa shape index (κ3) is 3.23. The Morgan fingerprint density at radius 2 is 1.78 bits per heavy atom. The van der Waals surface area contributed by atoms with Gasteiger partial charge in [0.05, 0.1) is 10.4 Å². The van der Waals surface area contributed by atoms with Crippen LogP contribution in [0.3, 0.4) is 0 Å². The van der Waals surface area contributed by atoms with Crippen LogP contribution in [0.1, 0.15) is 24.8 Å². The summed E-state index contributed by atoms with van der Waals surface area (Å²) in [4.78, 5) is 18.4. The van der Waals surface area contributed by atoms with Crippen LogP contribution in [0, 0.1) is 5.82 Å². The molecule has 1 atom stereocenters. The Labute approximate surface area is 157 Å². The van der Waals surface area contributed by atoms with E-state index in [1.165, 1.54) is 16.4 Å². The Hall–Kier alpha value is -2.32. The van der Waals surface area contributed by atoms with Gasteiger partial charge in [-0.3, -0.25) is 9.78 Å². The molecule has 1 aromatic heterocycles. The molecule has 1 amide bonds. The summed E-state index contributed by atoms with van der Waals surface area (Å²) in [6, 6.07) is 8.58. The van der Waals surface area contributed by atoms with Crippen LogP contribution in [0.25, 0.3) is 0 Å². The van der Waals surface area contributed by atoms with Crippen molar-refractivity contribution in [2.45, 2.75) is 36.2 Å². The van der Waals surface area contributed by atoms with Crippen LogP contribution in [0.5, 0.6) is 0 Å². The van der Waals surface area contributed by atoms with Gasteiger partial charge < -0.3 is 4.90 Å². The zero-order chi connectivity index (χ0) is 19.1. The Bertz CT molecular complexity index is 950. The highest BCUT2D eigenvalue weighted by Gasteiger charge is 2.51. The second kappa shape index (κ2) is 6.69. The Kier molecular flexibility index (Phi) is 4.47. The summed E-state index contributed by atoms with van der Waals surface area (Å²) in [5, 5.41) is 0. The van der Waals surface area contributed by atoms with E-state index < -0.39 is 21.4 Å². The molecule has 27 heavy (non-hydrogen) atoms. The fraction of sp³-hybridized carbons (Fsp3) is 0.368. The number of likely N-dealkylation sites (tertiary alicyclic amines) is 1. The zero-order valence-corrected chi connectivity index (χ0v) is 15.5. The molecule has 1 unspecified atom stereocenters. The summed E-state index contributed by atoms with van der Waals surface area (Å²) >= 11 is 0. The molecule has 2 aliphatic heterocycles. The number of carbonyl (C=O) groups is 1. The number of hydrogen-bond acceptors (Lipinski definition) is 4. The molecule has 0 radical (unpaired) electrons. The van der Waals surface area contributed by atoms with Crippen LogP contribution >= 0.6 is 0 Å². The number of benzene rings is 1. The molecule has 0 aliphatic carbocycles. The van der Waals surface area contributed by atoms with Crippen LogP contribution in [0.2, 0.25) is 0 Å². The van der Waals surface area contributed by atoms with Gasteiger partial charge in [0, 0.05) is 38.4 Å². The van der Waals surface area contributed by atoms with Crippen molar-refractivity contribution >= 4 is 15.9 Å². The minimum Gasteiger partial charge on any atom is -0.331 e. The van der Waals surface area contributed by atoms with Crippen LogP contribution in [0.4, 0.5) is 4.39 Å². The van der Waals surface area contributed by atoms with E-state index in [0.717, 1.165) is 17.7 Å². The SMILES string of the molecule is O=C1CCC2(CCN(S(=O)(=O)c3ccc(F)cc3)C2)N1Cc1ccncc1. The summed E-state index contributed by atoms with van der Waals surface area (Å²) in [5.41, 5.74) is 0.493. The van der Waals surface area contributed by atoms with Crippen molar-refractivity contribution in [3.05, 3.63) is 60.2 Å². The topological polar surface area (TPSA) is 70.6 Å². The first kappa shape index (κ1) is 18.1. The summed E-state index contributed by atoms with van der Waals surface area (Å²) in [7, 11) is -3.71. The molecule has 2 saturated heterocycles. The second-order valence-corrected chi connectivity index (χ2v) is 9.04. The number of rotatable bonds is 4. The van der Waals surface area contributed by atoms with E-state index in [9.17, 15) is 17.6 Å². The molecule has 4 rings (SSSR count). The lowest BCUT2D eigenvalue weighted by atomic mass is 9.95. The highest BCUT2D eigenvalue weighted by atomic mass is 32.2. The van der Waals surface area contributed by atoms with Gasteiger partial charge in [-0.15, -0.1) is 0 Å².